The average molecular weight is 745 g/mol. The molecule has 0 aliphatic carbocycles. The monoisotopic (exact) mass is 744 g/mol. The van der Waals surface area contributed by atoms with Crippen LogP contribution in [-0.4, -0.2) is 19.1 Å². The van der Waals surface area contributed by atoms with Crippen LogP contribution in [0.5, 0.6) is 0 Å². The minimum Gasteiger partial charge on any atom is -0.307 e. The van der Waals surface area contributed by atoms with Gasteiger partial charge in [-0.15, -0.1) is 11.3 Å². The molecule has 8 aromatic carbocycles. The Morgan fingerprint density at radius 2 is 0.842 bits per heavy atom. The first-order chi connectivity index (χ1) is 28.3. The molecule has 0 aliphatic rings. The van der Waals surface area contributed by atoms with Crippen LogP contribution in [0.1, 0.15) is 0 Å². The summed E-state index contributed by atoms with van der Waals surface area (Å²) in [5, 5.41) is 7.68. The summed E-state index contributed by atoms with van der Waals surface area (Å²) in [6.45, 7) is 0. The van der Waals surface area contributed by atoms with E-state index in [-0.39, 0.29) is 0 Å². The van der Waals surface area contributed by atoms with Gasteiger partial charge in [-0.25, -0.2) is 9.97 Å². The summed E-state index contributed by atoms with van der Waals surface area (Å²) >= 11 is 1.91. The lowest BCUT2D eigenvalue weighted by molar-refractivity contribution is 1.15. The van der Waals surface area contributed by atoms with Crippen molar-refractivity contribution in [3.63, 3.8) is 0 Å². The molecule has 0 saturated heterocycles. The Morgan fingerprint density at radius 3 is 1.46 bits per heavy atom. The molecule has 4 heterocycles. The quantitative estimate of drug-likeness (QED) is 0.176. The van der Waals surface area contributed by atoms with Gasteiger partial charge in [0.05, 0.1) is 33.5 Å². The maximum absolute atomic E-state index is 5.14. The zero-order valence-corrected chi connectivity index (χ0v) is 31.5. The van der Waals surface area contributed by atoms with E-state index in [0.717, 1.165) is 39.5 Å². The lowest BCUT2D eigenvalue weighted by atomic mass is 10.0. The van der Waals surface area contributed by atoms with Gasteiger partial charge in [-0.2, -0.15) is 0 Å². The van der Waals surface area contributed by atoms with Crippen LogP contribution in [0.15, 0.2) is 194 Å². The third kappa shape index (κ3) is 4.86. The number of fused-ring (bicyclic) bond motifs is 12. The summed E-state index contributed by atoms with van der Waals surface area (Å²) in [7, 11) is 0. The largest absolute Gasteiger partial charge is 0.307 e. The molecule has 12 rings (SSSR count). The van der Waals surface area contributed by atoms with Gasteiger partial charge >= 0.3 is 0 Å². The number of benzene rings is 8. The standard InChI is InChI=1S/C52H32N4S/c1-4-16-33(17-5-1)41-32-42(34-18-6-2-7-19-34)54-52(53-41)35-28-30-37(31-29-35)56-43-25-13-10-22-38(43)46-47-40-24-12-15-27-45(40)57-51(47)48-39-23-11-14-26-44(39)55(50(48)49(46)56)36-20-8-3-9-21-36/h1-32H. The molecular formula is C52H32N4S. The average Bonchev–Trinajstić information content (AvgIpc) is 3.95. The van der Waals surface area contributed by atoms with E-state index in [1.807, 2.05) is 23.5 Å². The highest BCUT2D eigenvalue weighted by atomic mass is 32.1. The van der Waals surface area contributed by atoms with Crippen LogP contribution in [0, 0.1) is 0 Å². The number of thiophene rings is 1. The Kier molecular flexibility index (Phi) is 7.06. The number of hydrogen-bond acceptors (Lipinski definition) is 3. The second kappa shape index (κ2) is 12.6. The summed E-state index contributed by atoms with van der Waals surface area (Å²) in [4.78, 5) is 10.3. The van der Waals surface area contributed by atoms with E-state index < -0.39 is 0 Å². The summed E-state index contributed by atoms with van der Waals surface area (Å²) in [6, 6.07) is 69.1. The first-order valence-corrected chi connectivity index (χ1v) is 20.1. The van der Waals surface area contributed by atoms with Crippen molar-refractivity contribution in [1.82, 2.24) is 19.1 Å². The Morgan fingerprint density at radius 1 is 0.368 bits per heavy atom. The molecule has 12 aromatic rings. The van der Waals surface area contributed by atoms with Crippen LogP contribution in [0.3, 0.4) is 0 Å². The van der Waals surface area contributed by atoms with Gasteiger partial charge in [-0.05, 0) is 60.7 Å². The maximum Gasteiger partial charge on any atom is 0.160 e. The molecule has 0 spiro atoms. The van der Waals surface area contributed by atoms with Gasteiger partial charge in [-0.1, -0.05) is 133 Å². The Bertz CT molecular complexity index is 3430. The van der Waals surface area contributed by atoms with Crippen molar-refractivity contribution in [3.8, 4) is 45.3 Å². The summed E-state index contributed by atoms with van der Waals surface area (Å²) in [5.74, 6) is 0.696. The summed E-state index contributed by atoms with van der Waals surface area (Å²) in [5.41, 5.74) is 11.9. The van der Waals surface area contributed by atoms with Gasteiger partial charge in [0.25, 0.3) is 0 Å². The van der Waals surface area contributed by atoms with Crippen LogP contribution >= 0.6 is 11.3 Å². The lowest BCUT2D eigenvalue weighted by Crippen LogP contribution is -1.99. The predicted molar refractivity (Wildman–Crippen MR) is 240 cm³/mol. The molecule has 0 bridgehead atoms. The molecule has 0 fully saturated rings. The Hall–Kier alpha value is -7.34. The van der Waals surface area contributed by atoms with Crippen molar-refractivity contribution >= 4 is 75.1 Å². The molecule has 0 amide bonds. The van der Waals surface area contributed by atoms with Gasteiger partial charge in [0.2, 0.25) is 0 Å². The molecular weight excluding hydrogens is 713 g/mol. The van der Waals surface area contributed by atoms with E-state index in [2.05, 4.69) is 191 Å². The van der Waals surface area contributed by atoms with Gasteiger partial charge in [0.15, 0.2) is 5.82 Å². The molecule has 0 radical (unpaired) electrons. The minimum absolute atomic E-state index is 0.696. The molecule has 4 aromatic heterocycles. The molecule has 266 valence electrons. The van der Waals surface area contributed by atoms with Crippen LogP contribution in [0.25, 0.3) is 109 Å². The first-order valence-electron chi connectivity index (χ1n) is 19.3. The highest BCUT2D eigenvalue weighted by Gasteiger charge is 2.26. The van der Waals surface area contributed by atoms with Crippen molar-refractivity contribution < 1.29 is 0 Å². The third-order valence-corrected chi connectivity index (χ3v) is 12.5. The molecule has 0 aliphatic heterocycles. The fraction of sp³-hybridized carbons (Fsp3) is 0. The topological polar surface area (TPSA) is 35.6 Å². The summed E-state index contributed by atoms with van der Waals surface area (Å²) in [6.07, 6.45) is 0. The van der Waals surface area contributed by atoms with Crippen LogP contribution in [0.2, 0.25) is 0 Å². The maximum atomic E-state index is 5.14. The molecule has 4 nitrogen and oxygen atoms in total. The summed E-state index contributed by atoms with van der Waals surface area (Å²) < 4.78 is 7.59. The molecule has 0 unspecified atom stereocenters. The highest BCUT2D eigenvalue weighted by Crippen LogP contribution is 2.51. The van der Waals surface area contributed by atoms with E-state index in [1.165, 1.54) is 63.8 Å². The van der Waals surface area contributed by atoms with Crippen LogP contribution in [0.4, 0.5) is 0 Å². The van der Waals surface area contributed by atoms with Gasteiger partial charge in [0, 0.05) is 69.8 Å². The fourth-order valence-corrected chi connectivity index (χ4v) is 10.1. The van der Waals surface area contributed by atoms with Gasteiger partial charge in [0.1, 0.15) is 0 Å². The number of para-hydroxylation sites is 3. The van der Waals surface area contributed by atoms with Crippen molar-refractivity contribution in [3.05, 3.63) is 194 Å². The highest BCUT2D eigenvalue weighted by molar-refractivity contribution is 7.27. The molecule has 0 saturated carbocycles. The van der Waals surface area contributed by atoms with E-state index in [0.29, 0.717) is 5.82 Å². The Balaban J connectivity index is 1.17. The number of hydrogen-bond donors (Lipinski definition) is 0. The Labute approximate surface area is 332 Å². The zero-order valence-electron chi connectivity index (χ0n) is 30.7. The van der Waals surface area contributed by atoms with Gasteiger partial charge < -0.3 is 9.13 Å². The number of aromatic nitrogens is 4. The van der Waals surface area contributed by atoms with Crippen molar-refractivity contribution in [2.45, 2.75) is 0 Å². The third-order valence-electron chi connectivity index (χ3n) is 11.3. The molecule has 57 heavy (non-hydrogen) atoms. The van der Waals surface area contributed by atoms with E-state index in [1.54, 1.807) is 0 Å². The normalized spacial score (nSPS) is 11.9. The molecule has 0 N–H and O–H groups in total. The number of nitrogens with zero attached hydrogens (tertiary/aromatic N) is 4. The van der Waals surface area contributed by atoms with Crippen molar-refractivity contribution in [1.29, 1.82) is 0 Å². The fourth-order valence-electron chi connectivity index (χ4n) is 8.84. The van der Waals surface area contributed by atoms with E-state index >= 15 is 0 Å². The minimum atomic E-state index is 0.696. The van der Waals surface area contributed by atoms with E-state index in [4.69, 9.17) is 9.97 Å². The SMILES string of the molecule is c1ccc(-c2cc(-c3ccccc3)nc(-c3ccc(-n4c5ccccc5c5c6c7ccccc7sc6c6c7ccccc7n(-c7ccccc7)c6c54)cc3)n2)cc1. The smallest absolute Gasteiger partial charge is 0.160 e. The second-order valence-corrected chi connectivity index (χ2v) is 15.6. The molecule has 5 heteroatoms. The lowest BCUT2D eigenvalue weighted by Gasteiger charge is -2.14. The predicted octanol–water partition coefficient (Wildman–Crippen LogP) is 14.0. The first kappa shape index (κ1) is 32.0. The van der Waals surface area contributed by atoms with Crippen molar-refractivity contribution in [2.24, 2.45) is 0 Å². The van der Waals surface area contributed by atoms with Gasteiger partial charge in [-0.3, -0.25) is 0 Å². The number of rotatable bonds is 5. The van der Waals surface area contributed by atoms with Crippen LogP contribution in [-0.2, 0) is 0 Å². The van der Waals surface area contributed by atoms with Crippen LogP contribution < -0.4 is 0 Å². The van der Waals surface area contributed by atoms with E-state index in [9.17, 15) is 0 Å². The zero-order chi connectivity index (χ0) is 37.5. The second-order valence-electron chi connectivity index (χ2n) is 14.5. The van der Waals surface area contributed by atoms with Crippen molar-refractivity contribution in [2.75, 3.05) is 0 Å². The molecule has 0 atom stereocenters.